The van der Waals surface area contributed by atoms with Crippen molar-refractivity contribution >= 4 is 110 Å². The SMILES string of the molecule is COc1ccc(COP(C)(=O)COCCn2cnc3c(=O)[nH]c(N)nc32)cc1Cl.CP(=O)(COCCn1cnc2c(=O)[nH]c(N)nc21)OCc1cccc(F)c1.CP(=O)(COCCn1cnc2c(=O)[nH]c(N)nc21)OCc1cccnc1.Cc1ccc(COP(C)(=O)COCCn2cnc3c(=O)[nH]c(N)nc32)cc1. The molecule has 0 radical (unpaired) electrons. The van der Waals surface area contributed by atoms with Crippen molar-refractivity contribution in [2.75, 3.05) is 109 Å². The lowest BCUT2D eigenvalue weighted by atomic mass is 10.2. The predicted octanol–water partition coefficient (Wildman–Crippen LogP) is 7.71. The lowest BCUT2D eigenvalue weighted by molar-refractivity contribution is 0.153. The molecular weight excluding hydrogens is 1530 g/mol. The molecule has 0 amide bonds. The van der Waals surface area contributed by atoms with Crippen molar-refractivity contribution in [1.82, 2.24) is 83.1 Å². The fourth-order valence-electron chi connectivity index (χ4n) is 9.70. The first-order valence-corrected chi connectivity index (χ1v) is 42.3. The number of aromatic nitrogens is 17. The first-order chi connectivity index (χ1) is 51.9. The third-order valence-corrected chi connectivity index (χ3v) is 20.8. The molecule has 0 saturated heterocycles. The minimum absolute atomic E-state index is 0.000948. The Bertz CT molecular complexity index is 5530. The fourth-order valence-corrected chi connectivity index (χ4v) is 13.8. The van der Waals surface area contributed by atoms with E-state index in [0.29, 0.717) is 65.1 Å². The number of aryl methyl sites for hydroxylation is 1. The van der Waals surface area contributed by atoms with Crippen LogP contribution in [0.3, 0.4) is 0 Å². The minimum atomic E-state index is -3.00. The second-order valence-corrected chi connectivity index (χ2v) is 35.1. The van der Waals surface area contributed by atoms with E-state index in [1.165, 1.54) is 64.5 Å². The summed E-state index contributed by atoms with van der Waals surface area (Å²) in [5, 5.41) is 0.455. The van der Waals surface area contributed by atoms with Gasteiger partial charge in [0.15, 0.2) is 44.7 Å². The van der Waals surface area contributed by atoms with E-state index >= 15 is 0 Å². The van der Waals surface area contributed by atoms with E-state index in [1.807, 2.05) is 37.3 Å². The Balaban J connectivity index is 0.000000168. The standard InChI is InChI=1S/C17H21ClN5O5P.C17H22N5O4P.C16H19FN5O4P.C15H19N6O4P/c1-26-13-4-3-11(7-12(13)18)8-28-29(2,25)10-27-6-5-23-9-20-14-15(23)21-17(19)22-16(14)24;1-12-3-5-13(6-4-12)9-26-27(2,24)11-25-8-7-22-10-19-14-15(22)20-17(18)21-16(14)23;1-27(24,26-8-11-3-2-4-12(17)7-11)10-25-6-5-22-9-19-13-14(22)20-16(18)21-15(13)23;1-26(23,25-8-11-3-2-4-17-7-11)10-24-6-5-21-9-18-12-13(21)19-15(16)20-14(12)22/h3-4,7,9H,5-6,8,10H2,1-2H3,(H3,19,21,22,24);3-6,10H,7-9,11H2,1-2H3,(H3,18,20,21,23);2-4,7,9H,5-6,8,10H2,1H3,(H3,18,20,21,23);2-4,7,9H,5-6,8,10H2,1H3,(H3,16,19,20,22). The molecule has 44 heteroatoms. The van der Waals surface area contributed by atoms with Gasteiger partial charge in [-0.25, -0.2) is 24.3 Å². The van der Waals surface area contributed by atoms with Crippen molar-refractivity contribution in [2.24, 2.45) is 0 Å². The highest BCUT2D eigenvalue weighted by atomic mass is 35.5. The molecule has 4 unspecified atom stereocenters. The zero-order valence-corrected chi connectivity index (χ0v) is 64.2. The molecular formula is C65H81ClFN21O17P4. The quantitative estimate of drug-likeness (QED) is 0.0144. The number of aromatic amines is 4. The van der Waals surface area contributed by atoms with Gasteiger partial charge in [0, 0.05) is 65.2 Å². The summed E-state index contributed by atoms with van der Waals surface area (Å²) in [7, 11) is -10.2. The number of ether oxygens (including phenoxy) is 5. The van der Waals surface area contributed by atoms with Crippen molar-refractivity contribution in [3.63, 3.8) is 0 Å². The molecule has 12 rings (SSSR count). The Morgan fingerprint density at radius 1 is 0.450 bits per heavy atom. The summed E-state index contributed by atoms with van der Waals surface area (Å²) in [5.74, 6) is 0.238. The maximum Gasteiger partial charge on any atom is 0.280 e. The van der Waals surface area contributed by atoms with Crippen molar-refractivity contribution in [1.29, 1.82) is 0 Å². The van der Waals surface area contributed by atoms with Crippen molar-refractivity contribution in [2.45, 2.75) is 59.5 Å². The van der Waals surface area contributed by atoms with Gasteiger partial charge in [0.05, 0.1) is 90.3 Å². The molecule has 9 aromatic heterocycles. The van der Waals surface area contributed by atoms with Crippen LogP contribution in [0.4, 0.5) is 28.2 Å². The maximum atomic E-state index is 13.1. The smallest absolute Gasteiger partial charge is 0.280 e. The van der Waals surface area contributed by atoms with Gasteiger partial charge in [-0.05, 0) is 59.5 Å². The van der Waals surface area contributed by atoms with E-state index in [0.717, 1.165) is 22.3 Å². The lowest BCUT2D eigenvalue weighted by Gasteiger charge is -2.15. The number of methoxy groups -OCH3 is 1. The summed E-state index contributed by atoms with van der Waals surface area (Å²) >= 11 is 6.08. The van der Waals surface area contributed by atoms with Crippen LogP contribution in [0, 0.1) is 12.7 Å². The third-order valence-electron chi connectivity index (χ3n) is 15.1. The maximum absolute atomic E-state index is 13.1. The second kappa shape index (κ2) is 38.4. The van der Waals surface area contributed by atoms with Crippen molar-refractivity contribution in [3.05, 3.63) is 197 Å². The van der Waals surface area contributed by atoms with Crippen LogP contribution in [0.5, 0.6) is 5.75 Å². The number of halogens is 2. The summed E-state index contributed by atoms with van der Waals surface area (Å²) in [4.78, 5) is 92.8. The minimum Gasteiger partial charge on any atom is -0.495 e. The number of nitrogens with one attached hydrogen (secondary N) is 4. The van der Waals surface area contributed by atoms with E-state index < -0.39 is 46.2 Å². The number of rotatable bonds is 33. The molecule has 0 aliphatic heterocycles. The number of fused-ring (bicyclic) bond motifs is 4. The number of nitrogens with two attached hydrogens (primary N) is 4. The van der Waals surface area contributed by atoms with Crippen LogP contribution in [-0.4, -0.2) is 169 Å². The highest BCUT2D eigenvalue weighted by molar-refractivity contribution is 7.58. The van der Waals surface area contributed by atoms with E-state index in [-0.39, 0.29) is 135 Å². The molecule has 12 aromatic rings. The second-order valence-electron chi connectivity index (χ2n) is 24.5. The van der Waals surface area contributed by atoms with Crippen LogP contribution < -0.4 is 49.9 Å². The van der Waals surface area contributed by atoms with E-state index in [4.69, 9.17) is 76.3 Å². The molecule has 0 aliphatic rings. The van der Waals surface area contributed by atoms with Gasteiger partial charge in [-0.1, -0.05) is 65.7 Å². The largest absolute Gasteiger partial charge is 0.495 e. The highest BCUT2D eigenvalue weighted by Crippen LogP contribution is 2.46. The summed E-state index contributed by atoms with van der Waals surface area (Å²) < 4.78 is 118. The number of H-pyrrole nitrogens is 4. The Kier molecular flexibility index (Phi) is 29.3. The van der Waals surface area contributed by atoms with Crippen LogP contribution in [0.25, 0.3) is 44.7 Å². The van der Waals surface area contributed by atoms with Gasteiger partial charge in [-0.3, -0.25) is 62.4 Å². The number of anilines is 4. The molecule has 38 nitrogen and oxygen atoms in total. The Labute approximate surface area is 624 Å². The van der Waals surface area contributed by atoms with Gasteiger partial charge in [-0.2, -0.15) is 19.9 Å². The highest BCUT2D eigenvalue weighted by Gasteiger charge is 2.22. The molecule has 0 fully saturated rings. The van der Waals surface area contributed by atoms with Crippen LogP contribution in [0.2, 0.25) is 5.02 Å². The molecule has 0 aliphatic carbocycles. The van der Waals surface area contributed by atoms with Gasteiger partial charge in [0.25, 0.3) is 22.2 Å². The summed E-state index contributed by atoms with van der Waals surface area (Å²) in [6.07, 6.45) is 9.07. The third kappa shape index (κ3) is 25.3. The Morgan fingerprint density at radius 2 is 0.780 bits per heavy atom. The first-order valence-electron chi connectivity index (χ1n) is 32.9. The normalized spacial score (nSPS) is 13.7. The number of hydrogen-bond acceptors (Lipinski definition) is 30. The van der Waals surface area contributed by atoms with Crippen LogP contribution >= 0.6 is 41.1 Å². The summed E-state index contributed by atoms with van der Waals surface area (Å²) in [6, 6.07) is 22.6. The Morgan fingerprint density at radius 3 is 1.11 bits per heavy atom. The van der Waals surface area contributed by atoms with Gasteiger partial charge in [0.1, 0.15) is 37.0 Å². The topological polar surface area (TPSA) is 523 Å². The molecule has 3 aromatic carbocycles. The number of nitrogen functional groups attached to an aromatic ring is 4. The monoisotopic (exact) mass is 1610 g/mol. The zero-order valence-electron chi connectivity index (χ0n) is 59.9. The van der Waals surface area contributed by atoms with Crippen LogP contribution in [0.15, 0.2) is 136 Å². The molecule has 582 valence electrons. The van der Waals surface area contributed by atoms with E-state index in [1.54, 1.807) is 73.7 Å². The number of pyridine rings is 1. The number of nitrogens with zero attached hydrogens (tertiary/aromatic N) is 13. The molecule has 4 atom stereocenters. The molecule has 12 N–H and O–H groups in total. The van der Waals surface area contributed by atoms with Crippen molar-refractivity contribution < 1.29 is 64.4 Å². The molecule has 0 bridgehead atoms. The van der Waals surface area contributed by atoms with Crippen LogP contribution in [-0.2, 0) is 108 Å². The number of benzene rings is 3. The predicted molar refractivity (Wildman–Crippen MR) is 407 cm³/mol. The number of hydrogen-bond donors (Lipinski definition) is 8. The fraction of sp³-hybridized carbons (Fsp3) is 0.338. The van der Waals surface area contributed by atoms with Gasteiger partial charge >= 0.3 is 0 Å². The average Bonchev–Trinajstić information content (AvgIpc) is 1.69. The average molecular weight is 1610 g/mol. The van der Waals surface area contributed by atoms with E-state index in [2.05, 4.69) is 64.8 Å². The summed E-state index contributed by atoms with van der Waals surface area (Å²) in [6.45, 7) is 11.2. The Hall–Kier alpha value is -9.97. The number of imidazole rings is 4. The van der Waals surface area contributed by atoms with Gasteiger partial charge in [0.2, 0.25) is 53.3 Å². The molecule has 109 heavy (non-hydrogen) atoms. The summed E-state index contributed by atoms with van der Waals surface area (Å²) in [5.41, 5.74) is 27.2. The van der Waals surface area contributed by atoms with Crippen LogP contribution in [0.1, 0.15) is 27.8 Å². The van der Waals surface area contributed by atoms with Crippen molar-refractivity contribution in [3.8, 4) is 5.75 Å². The molecule has 0 spiro atoms. The molecule has 0 saturated carbocycles. The van der Waals surface area contributed by atoms with Gasteiger partial charge in [-0.15, -0.1) is 0 Å². The molecule has 9 heterocycles. The first kappa shape index (κ1) is 83.1. The van der Waals surface area contributed by atoms with E-state index in [9.17, 15) is 41.8 Å². The lowest BCUT2D eigenvalue weighted by Crippen LogP contribution is -2.13. The van der Waals surface area contributed by atoms with Gasteiger partial charge < -0.3 is 83.0 Å². The zero-order chi connectivity index (χ0) is 78.5.